The first kappa shape index (κ1) is 15.1. The zero-order valence-corrected chi connectivity index (χ0v) is 12.7. The van der Waals surface area contributed by atoms with Crippen molar-refractivity contribution in [1.29, 1.82) is 0 Å². The summed E-state index contributed by atoms with van der Waals surface area (Å²) >= 11 is 0. The van der Waals surface area contributed by atoms with Gasteiger partial charge in [0.2, 0.25) is 0 Å². The van der Waals surface area contributed by atoms with E-state index in [1.807, 2.05) is 0 Å². The van der Waals surface area contributed by atoms with Crippen molar-refractivity contribution in [2.24, 2.45) is 0 Å². The highest BCUT2D eigenvalue weighted by Gasteiger charge is 2.18. The molecule has 3 rings (SSSR count). The Morgan fingerprint density at radius 1 is 1.09 bits per heavy atom. The fourth-order valence-corrected chi connectivity index (χ4v) is 3.23. The summed E-state index contributed by atoms with van der Waals surface area (Å²) in [4.78, 5) is 16.1. The van der Waals surface area contributed by atoms with Crippen LogP contribution >= 0.6 is 0 Å². The Labute approximate surface area is 130 Å². The first-order valence-corrected chi connectivity index (χ1v) is 7.96. The molecule has 23 heavy (non-hydrogen) atoms. The molecule has 0 unspecified atom stereocenters. The highest BCUT2D eigenvalue weighted by Crippen LogP contribution is 2.28. The van der Waals surface area contributed by atoms with E-state index in [1.165, 1.54) is 31.4 Å². The van der Waals surface area contributed by atoms with Gasteiger partial charge in [-0.1, -0.05) is 0 Å². The molecule has 2 aromatic carbocycles. The Morgan fingerprint density at radius 2 is 1.83 bits per heavy atom. The van der Waals surface area contributed by atoms with E-state index in [1.54, 1.807) is 0 Å². The number of nitrogens with one attached hydrogen (secondary N) is 3. The minimum absolute atomic E-state index is 0.0184. The van der Waals surface area contributed by atoms with Crippen LogP contribution in [0.3, 0.4) is 0 Å². The summed E-state index contributed by atoms with van der Waals surface area (Å²) in [6.07, 6.45) is 0. The Balaban J connectivity index is 2.03. The topological polar surface area (TPSA) is 104 Å². The SMILES string of the molecule is COc1ccc(F)cc1NS(=O)(=O)c1ccc2[nH]c(=O)[nH]c2c1. The van der Waals surface area contributed by atoms with E-state index < -0.39 is 21.5 Å². The predicted octanol–water partition coefficient (Wildman–Crippen LogP) is 1.80. The molecule has 0 radical (unpaired) electrons. The van der Waals surface area contributed by atoms with Crippen LogP contribution in [0.15, 0.2) is 46.1 Å². The molecular formula is C14H12FN3O4S. The van der Waals surface area contributed by atoms with Gasteiger partial charge in [0.15, 0.2) is 0 Å². The van der Waals surface area contributed by atoms with Crippen LogP contribution in [0, 0.1) is 5.82 Å². The molecule has 0 atom stereocenters. The van der Waals surface area contributed by atoms with Crippen LogP contribution in [0.2, 0.25) is 0 Å². The fourth-order valence-electron chi connectivity index (χ4n) is 2.14. The van der Waals surface area contributed by atoms with Crippen LogP contribution in [0.1, 0.15) is 0 Å². The second-order valence-corrected chi connectivity index (χ2v) is 6.42. The van der Waals surface area contributed by atoms with Crippen molar-refractivity contribution in [2.75, 3.05) is 11.8 Å². The molecule has 0 amide bonds. The summed E-state index contributed by atoms with van der Waals surface area (Å²) < 4.78 is 45.5. The minimum Gasteiger partial charge on any atom is -0.495 e. The van der Waals surface area contributed by atoms with E-state index in [4.69, 9.17) is 4.74 Å². The average Bonchev–Trinajstić information content (AvgIpc) is 2.86. The number of aromatic amines is 2. The molecule has 0 aliphatic heterocycles. The Morgan fingerprint density at radius 3 is 2.57 bits per heavy atom. The van der Waals surface area contributed by atoms with Crippen molar-refractivity contribution >= 4 is 26.7 Å². The lowest BCUT2D eigenvalue weighted by Gasteiger charge is -2.12. The van der Waals surface area contributed by atoms with E-state index in [9.17, 15) is 17.6 Å². The molecular weight excluding hydrogens is 325 g/mol. The maximum absolute atomic E-state index is 13.3. The third-order valence-corrected chi connectivity index (χ3v) is 4.57. The summed E-state index contributed by atoms with van der Waals surface area (Å²) in [5.41, 5.74) is 0.380. The third-order valence-electron chi connectivity index (χ3n) is 3.20. The number of methoxy groups -OCH3 is 1. The number of hydrogen-bond acceptors (Lipinski definition) is 4. The van der Waals surface area contributed by atoms with E-state index in [-0.39, 0.29) is 16.3 Å². The Hall–Kier alpha value is -2.81. The monoisotopic (exact) mass is 337 g/mol. The number of hydrogen-bond donors (Lipinski definition) is 3. The molecule has 0 bridgehead atoms. The highest BCUT2D eigenvalue weighted by molar-refractivity contribution is 7.92. The van der Waals surface area contributed by atoms with E-state index in [0.717, 1.165) is 12.1 Å². The van der Waals surface area contributed by atoms with Crippen molar-refractivity contribution in [1.82, 2.24) is 9.97 Å². The number of fused-ring (bicyclic) bond motifs is 1. The Bertz CT molecular complexity index is 1040. The van der Waals surface area contributed by atoms with E-state index >= 15 is 0 Å². The number of imidazole rings is 1. The average molecular weight is 337 g/mol. The lowest BCUT2D eigenvalue weighted by molar-refractivity contribution is 0.416. The number of sulfonamides is 1. The molecule has 0 aliphatic rings. The molecule has 0 aliphatic carbocycles. The van der Waals surface area contributed by atoms with Crippen LogP contribution in [0.25, 0.3) is 11.0 Å². The van der Waals surface area contributed by atoms with Gasteiger partial charge in [0.1, 0.15) is 11.6 Å². The maximum Gasteiger partial charge on any atom is 0.323 e. The highest BCUT2D eigenvalue weighted by atomic mass is 32.2. The largest absolute Gasteiger partial charge is 0.495 e. The number of aromatic nitrogens is 2. The second kappa shape index (κ2) is 5.43. The minimum atomic E-state index is -3.98. The maximum atomic E-state index is 13.3. The zero-order chi connectivity index (χ0) is 16.6. The van der Waals surface area contributed by atoms with Gasteiger partial charge in [-0.15, -0.1) is 0 Å². The number of ether oxygens (including phenoxy) is 1. The number of halogens is 1. The van der Waals surface area contributed by atoms with Crippen molar-refractivity contribution in [3.8, 4) is 5.75 Å². The summed E-state index contributed by atoms with van der Waals surface area (Å²) in [5.74, 6) is -0.417. The molecule has 9 heteroatoms. The van der Waals surface area contributed by atoms with Crippen LogP contribution in [-0.2, 0) is 10.0 Å². The van der Waals surface area contributed by atoms with Crippen molar-refractivity contribution in [3.05, 3.63) is 52.7 Å². The number of anilines is 1. The fraction of sp³-hybridized carbons (Fsp3) is 0.0714. The first-order valence-electron chi connectivity index (χ1n) is 6.47. The third kappa shape index (κ3) is 2.90. The van der Waals surface area contributed by atoms with Gasteiger partial charge in [0.25, 0.3) is 10.0 Å². The molecule has 3 aromatic rings. The molecule has 0 saturated heterocycles. The van der Waals surface area contributed by atoms with Crippen LogP contribution in [0.4, 0.5) is 10.1 Å². The molecule has 120 valence electrons. The standard InChI is InChI=1S/C14H12FN3O4S/c1-22-13-5-2-8(15)6-12(13)18-23(20,21)9-3-4-10-11(7-9)17-14(19)16-10/h2-7,18H,1H3,(H2,16,17,19). The normalized spacial score (nSPS) is 11.6. The van der Waals surface area contributed by atoms with Gasteiger partial charge in [0.05, 0.1) is 28.7 Å². The molecule has 1 heterocycles. The first-order chi connectivity index (χ1) is 10.9. The van der Waals surface area contributed by atoms with Gasteiger partial charge in [-0.3, -0.25) is 4.72 Å². The molecule has 1 aromatic heterocycles. The van der Waals surface area contributed by atoms with Crippen molar-refractivity contribution < 1.29 is 17.5 Å². The zero-order valence-electron chi connectivity index (χ0n) is 11.9. The summed E-state index contributed by atoms with van der Waals surface area (Å²) in [6.45, 7) is 0. The van der Waals surface area contributed by atoms with Crippen molar-refractivity contribution in [2.45, 2.75) is 4.90 Å². The molecule has 0 fully saturated rings. The van der Waals surface area contributed by atoms with Crippen LogP contribution in [0.5, 0.6) is 5.75 Å². The van der Waals surface area contributed by atoms with Crippen molar-refractivity contribution in [3.63, 3.8) is 0 Å². The molecule has 0 saturated carbocycles. The van der Waals surface area contributed by atoms with Gasteiger partial charge >= 0.3 is 5.69 Å². The lowest BCUT2D eigenvalue weighted by Crippen LogP contribution is -2.13. The van der Waals surface area contributed by atoms with Crippen LogP contribution in [-0.4, -0.2) is 25.5 Å². The smallest absolute Gasteiger partial charge is 0.323 e. The Kier molecular flexibility index (Phi) is 3.57. The predicted molar refractivity (Wildman–Crippen MR) is 82.7 cm³/mol. The summed E-state index contributed by atoms with van der Waals surface area (Å²) in [6, 6.07) is 7.60. The number of H-pyrrole nitrogens is 2. The van der Waals surface area contributed by atoms with Gasteiger partial charge in [-0.2, -0.15) is 0 Å². The molecule has 3 N–H and O–H groups in total. The van der Waals surface area contributed by atoms with E-state index in [0.29, 0.717) is 11.0 Å². The van der Waals surface area contributed by atoms with Crippen LogP contribution < -0.4 is 15.1 Å². The van der Waals surface area contributed by atoms with Gasteiger partial charge in [-0.25, -0.2) is 17.6 Å². The summed E-state index contributed by atoms with van der Waals surface area (Å²) in [5, 5.41) is 0. The van der Waals surface area contributed by atoms with Gasteiger partial charge in [0, 0.05) is 6.07 Å². The number of rotatable bonds is 4. The molecule has 7 nitrogen and oxygen atoms in total. The van der Waals surface area contributed by atoms with E-state index in [2.05, 4.69) is 14.7 Å². The number of benzene rings is 2. The molecule has 0 spiro atoms. The second-order valence-electron chi connectivity index (χ2n) is 4.74. The van der Waals surface area contributed by atoms with Gasteiger partial charge < -0.3 is 14.7 Å². The quantitative estimate of drug-likeness (QED) is 0.675. The lowest BCUT2D eigenvalue weighted by atomic mass is 10.3. The summed E-state index contributed by atoms with van der Waals surface area (Å²) in [7, 11) is -2.63. The van der Waals surface area contributed by atoms with Gasteiger partial charge in [-0.05, 0) is 30.3 Å².